The van der Waals surface area contributed by atoms with E-state index >= 15 is 0 Å². The fourth-order valence-corrected chi connectivity index (χ4v) is 2.81. The molecule has 29 heavy (non-hydrogen) atoms. The number of ether oxygens (including phenoxy) is 2. The molecule has 0 unspecified atom stereocenters. The van der Waals surface area contributed by atoms with Gasteiger partial charge in [0.05, 0.1) is 29.9 Å². The highest BCUT2D eigenvalue weighted by atomic mass is 16.5. The lowest BCUT2D eigenvalue weighted by Gasteiger charge is -2.13. The average Bonchev–Trinajstić information content (AvgIpc) is 2.78. The smallest absolute Gasteiger partial charge is 0.161 e. The number of hydrogen-bond donors (Lipinski definition) is 0. The van der Waals surface area contributed by atoms with Crippen molar-refractivity contribution in [3.8, 4) is 23.6 Å². The third-order valence-electron chi connectivity index (χ3n) is 4.26. The van der Waals surface area contributed by atoms with Crippen molar-refractivity contribution in [2.75, 3.05) is 6.61 Å². The fourth-order valence-electron chi connectivity index (χ4n) is 2.81. The summed E-state index contributed by atoms with van der Waals surface area (Å²) in [5, 5.41) is 18.5. The van der Waals surface area contributed by atoms with Crippen molar-refractivity contribution in [2.24, 2.45) is 0 Å². The second-order valence-corrected chi connectivity index (χ2v) is 6.27. The summed E-state index contributed by atoms with van der Waals surface area (Å²) in [7, 11) is 0. The van der Waals surface area contributed by atoms with Crippen LogP contribution in [0.4, 0.5) is 0 Å². The Morgan fingerprint density at radius 3 is 2.31 bits per heavy atom. The van der Waals surface area contributed by atoms with E-state index in [9.17, 15) is 5.26 Å². The molecule has 0 spiro atoms. The molecule has 0 amide bonds. The molecular weight excluding hydrogens is 360 g/mol. The maximum Gasteiger partial charge on any atom is 0.161 e. The largest absolute Gasteiger partial charge is 0.490 e. The van der Waals surface area contributed by atoms with Crippen LogP contribution in [0.1, 0.15) is 29.2 Å². The van der Waals surface area contributed by atoms with E-state index in [1.54, 1.807) is 30.3 Å². The van der Waals surface area contributed by atoms with Crippen LogP contribution in [-0.2, 0) is 6.61 Å². The second-order valence-electron chi connectivity index (χ2n) is 6.27. The number of hydrogen-bond acceptors (Lipinski definition) is 4. The zero-order chi connectivity index (χ0) is 20.5. The molecule has 0 fully saturated rings. The Morgan fingerprint density at radius 1 is 0.897 bits per heavy atom. The standard InChI is InChI=1S/C25H20N2O2/c1-2-28-25-15-21(10-13-24(25)29-18-20-6-4-3-5-7-20)14-23(17-27)22-11-8-19(16-26)9-12-22/h3-15H,2,18H2,1H3/b23-14-. The van der Waals surface area contributed by atoms with E-state index in [2.05, 4.69) is 12.1 Å². The van der Waals surface area contributed by atoms with Gasteiger partial charge in [-0.2, -0.15) is 10.5 Å². The summed E-state index contributed by atoms with van der Waals surface area (Å²) in [5.41, 5.74) is 3.74. The lowest BCUT2D eigenvalue weighted by atomic mass is 10.0. The van der Waals surface area contributed by atoms with Gasteiger partial charge in [0.1, 0.15) is 6.61 Å². The molecule has 4 nitrogen and oxygen atoms in total. The van der Waals surface area contributed by atoms with Gasteiger partial charge in [0.15, 0.2) is 11.5 Å². The quantitative estimate of drug-likeness (QED) is 0.395. The highest BCUT2D eigenvalue weighted by Crippen LogP contribution is 2.31. The fraction of sp³-hybridized carbons (Fsp3) is 0.120. The molecule has 0 aliphatic carbocycles. The summed E-state index contributed by atoms with van der Waals surface area (Å²) in [4.78, 5) is 0. The lowest BCUT2D eigenvalue weighted by molar-refractivity contribution is 0.269. The van der Waals surface area contributed by atoms with Crippen LogP contribution >= 0.6 is 0 Å². The first-order valence-electron chi connectivity index (χ1n) is 9.29. The minimum absolute atomic E-state index is 0.449. The van der Waals surface area contributed by atoms with Gasteiger partial charge in [-0.05, 0) is 54.0 Å². The Kier molecular flexibility index (Phi) is 6.66. The van der Waals surface area contributed by atoms with Gasteiger partial charge < -0.3 is 9.47 Å². The summed E-state index contributed by atoms with van der Waals surface area (Å²) in [5.74, 6) is 1.29. The molecular formula is C25H20N2O2. The maximum atomic E-state index is 9.57. The minimum Gasteiger partial charge on any atom is -0.490 e. The van der Waals surface area contributed by atoms with Gasteiger partial charge in [-0.25, -0.2) is 0 Å². The van der Waals surface area contributed by atoms with Crippen LogP contribution in [0.5, 0.6) is 11.5 Å². The van der Waals surface area contributed by atoms with Crippen molar-refractivity contribution in [1.29, 1.82) is 10.5 Å². The molecule has 0 saturated heterocycles. The van der Waals surface area contributed by atoms with Gasteiger partial charge in [0.2, 0.25) is 0 Å². The van der Waals surface area contributed by atoms with Crippen LogP contribution in [-0.4, -0.2) is 6.61 Å². The highest BCUT2D eigenvalue weighted by molar-refractivity contribution is 5.89. The summed E-state index contributed by atoms with van der Waals surface area (Å²) >= 11 is 0. The lowest BCUT2D eigenvalue weighted by Crippen LogP contribution is -2.00. The Hall–Kier alpha value is -4.02. The molecule has 0 aliphatic rings. The van der Waals surface area contributed by atoms with Crippen LogP contribution in [0.25, 0.3) is 11.6 Å². The average molecular weight is 380 g/mol. The van der Waals surface area contributed by atoms with Crippen LogP contribution < -0.4 is 9.47 Å². The molecule has 3 aromatic rings. The van der Waals surface area contributed by atoms with Crippen molar-refractivity contribution in [3.63, 3.8) is 0 Å². The van der Waals surface area contributed by atoms with Crippen molar-refractivity contribution in [1.82, 2.24) is 0 Å². The number of rotatable bonds is 7. The zero-order valence-corrected chi connectivity index (χ0v) is 16.1. The van der Waals surface area contributed by atoms with Crippen molar-refractivity contribution < 1.29 is 9.47 Å². The van der Waals surface area contributed by atoms with E-state index in [1.807, 2.05) is 55.5 Å². The number of allylic oxidation sites excluding steroid dienone is 1. The third-order valence-corrected chi connectivity index (χ3v) is 4.26. The summed E-state index contributed by atoms with van der Waals surface area (Å²) in [6.07, 6.45) is 1.80. The Balaban J connectivity index is 1.85. The molecule has 0 N–H and O–H groups in total. The predicted octanol–water partition coefficient (Wildman–Crippen LogP) is 5.60. The van der Waals surface area contributed by atoms with Gasteiger partial charge >= 0.3 is 0 Å². The molecule has 0 bridgehead atoms. The van der Waals surface area contributed by atoms with E-state index in [1.165, 1.54) is 0 Å². The van der Waals surface area contributed by atoms with E-state index in [0.29, 0.717) is 35.8 Å². The van der Waals surface area contributed by atoms with Crippen LogP contribution in [0.15, 0.2) is 72.8 Å². The monoisotopic (exact) mass is 380 g/mol. The van der Waals surface area contributed by atoms with Gasteiger partial charge in [-0.1, -0.05) is 48.5 Å². The third kappa shape index (κ3) is 5.25. The van der Waals surface area contributed by atoms with E-state index in [0.717, 1.165) is 16.7 Å². The number of nitrogens with zero attached hydrogens (tertiary/aromatic N) is 2. The zero-order valence-electron chi connectivity index (χ0n) is 16.1. The molecule has 4 heteroatoms. The molecule has 0 aromatic heterocycles. The molecule has 0 heterocycles. The van der Waals surface area contributed by atoms with Crippen LogP contribution in [0.2, 0.25) is 0 Å². The Labute approximate surface area is 170 Å². The van der Waals surface area contributed by atoms with Crippen LogP contribution in [0.3, 0.4) is 0 Å². The Bertz CT molecular complexity index is 1070. The topological polar surface area (TPSA) is 66.0 Å². The number of benzene rings is 3. The minimum atomic E-state index is 0.449. The van der Waals surface area contributed by atoms with E-state index in [4.69, 9.17) is 14.7 Å². The molecule has 3 aromatic carbocycles. The molecule has 0 radical (unpaired) electrons. The first kappa shape index (κ1) is 19.7. The molecule has 0 aliphatic heterocycles. The summed E-state index contributed by atoms with van der Waals surface area (Å²) in [6.45, 7) is 2.88. The van der Waals surface area contributed by atoms with Crippen LogP contribution in [0, 0.1) is 22.7 Å². The van der Waals surface area contributed by atoms with Crippen molar-refractivity contribution in [3.05, 3.63) is 95.1 Å². The summed E-state index contributed by atoms with van der Waals surface area (Å²) in [6, 6.07) is 26.8. The predicted molar refractivity (Wildman–Crippen MR) is 113 cm³/mol. The van der Waals surface area contributed by atoms with Gasteiger partial charge in [-0.3, -0.25) is 0 Å². The van der Waals surface area contributed by atoms with E-state index in [-0.39, 0.29) is 0 Å². The SMILES string of the molecule is CCOc1cc(/C=C(/C#N)c2ccc(C#N)cc2)ccc1OCc1ccccc1. The van der Waals surface area contributed by atoms with Gasteiger partial charge in [0.25, 0.3) is 0 Å². The first-order chi connectivity index (χ1) is 14.2. The second kappa shape index (κ2) is 9.78. The molecule has 142 valence electrons. The van der Waals surface area contributed by atoms with Gasteiger partial charge in [0, 0.05) is 0 Å². The highest BCUT2D eigenvalue weighted by Gasteiger charge is 2.08. The molecule has 3 rings (SSSR count). The van der Waals surface area contributed by atoms with Gasteiger partial charge in [-0.15, -0.1) is 0 Å². The van der Waals surface area contributed by atoms with Crippen molar-refractivity contribution >= 4 is 11.6 Å². The molecule has 0 saturated carbocycles. The number of nitriles is 2. The summed E-state index contributed by atoms with van der Waals surface area (Å²) < 4.78 is 11.7. The normalized spacial score (nSPS) is 10.7. The van der Waals surface area contributed by atoms with E-state index < -0.39 is 0 Å². The van der Waals surface area contributed by atoms with Crippen molar-refractivity contribution in [2.45, 2.75) is 13.5 Å². The Morgan fingerprint density at radius 2 is 1.66 bits per heavy atom. The molecule has 0 atom stereocenters. The first-order valence-corrected chi connectivity index (χ1v) is 9.29. The maximum absolute atomic E-state index is 9.57.